The van der Waals surface area contributed by atoms with Crippen LogP contribution in [0.25, 0.3) is 11.0 Å². The second kappa shape index (κ2) is 8.03. The summed E-state index contributed by atoms with van der Waals surface area (Å²) < 4.78 is 7.83. The van der Waals surface area contributed by atoms with E-state index in [1.165, 1.54) is 12.8 Å². The van der Waals surface area contributed by atoms with Gasteiger partial charge in [-0.25, -0.2) is 9.67 Å². The number of aromatic nitrogens is 3. The fourth-order valence-corrected chi connectivity index (χ4v) is 3.96. The Labute approximate surface area is 175 Å². The Hall–Kier alpha value is -2.60. The number of nitrogens with one attached hydrogen (secondary N) is 1. The van der Waals surface area contributed by atoms with Gasteiger partial charge in [0.05, 0.1) is 28.6 Å². The minimum Gasteiger partial charge on any atom is -0.489 e. The summed E-state index contributed by atoms with van der Waals surface area (Å²) in [4.78, 5) is 17.4. The number of halogens is 1. The van der Waals surface area contributed by atoms with Crippen LogP contribution in [0.3, 0.4) is 0 Å². The summed E-state index contributed by atoms with van der Waals surface area (Å²) in [5.41, 5.74) is 2.58. The van der Waals surface area contributed by atoms with E-state index in [9.17, 15) is 4.79 Å². The van der Waals surface area contributed by atoms with Crippen molar-refractivity contribution in [3.63, 3.8) is 0 Å². The SMILES string of the molecule is Cc1nc2c(cnn2C(C)C)cc1C(=O)Nc1ccc(OC2CCCC2)c(Cl)c1. The topological polar surface area (TPSA) is 69.0 Å². The first-order chi connectivity index (χ1) is 13.9. The van der Waals surface area contributed by atoms with Gasteiger partial charge in [0.2, 0.25) is 0 Å². The molecule has 1 aromatic carbocycles. The highest BCUT2D eigenvalue weighted by Crippen LogP contribution is 2.32. The lowest BCUT2D eigenvalue weighted by atomic mass is 10.1. The van der Waals surface area contributed by atoms with Gasteiger partial charge in [0.15, 0.2) is 5.65 Å². The fourth-order valence-electron chi connectivity index (χ4n) is 3.73. The van der Waals surface area contributed by atoms with Gasteiger partial charge in [-0.3, -0.25) is 4.79 Å². The molecule has 0 unspecified atom stereocenters. The van der Waals surface area contributed by atoms with Crippen molar-refractivity contribution in [2.75, 3.05) is 5.32 Å². The molecule has 6 nitrogen and oxygen atoms in total. The monoisotopic (exact) mass is 412 g/mol. The van der Waals surface area contributed by atoms with Gasteiger partial charge in [0.25, 0.3) is 5.91 Å². The van der Waals surface area contributed by atoms with Crippen LogP contribution in [-0.4, -0.2) is 26.8 Å². The number of hydrogen-bond donors (Lipinski definition) is 1. The van der Waals surface area contributed by atoms with Gasteiger partial charge in [-0.1, -0.05) is 11.6 Å². The number of benzene rings is 1. The van der Waals surface area contributed by atoms with E-state index in [-0.39, 0.29) is 18.1 Å². The Morgan fingerprint density at radius 1 is 1.28 bits per heavy atom. The van der Waals surface area contributed by atoms with Gasteiger partial charge in [0, 0.05) is 17.1 Å². The lowest BCUT2D eigenvalue weighted by Crippen LogP contribution is -2.15. The van der Waals surface area contributed by atoms with E-state index in [0.29, 0.717) is 27.7 Å². The third-order valence-corrected chi connectivity index (χ3v) is 5.57. The number of carbonyl (C=O) groups excluding carboxylic acids is 1. The van der Waals surface area contributed by atoms with E-state index in [4.69, 9.17) is 16.3 Å². The number of nitrogens with zero attached hydrogens (tertiary/aromatic N) is 3. The van der Waals surface area contributed by atoms with Crippen LogP contribution in [0, 0.1) is 6.92 Å². The van der Waals surface area contributed by atoms with Crippen molar-refractivity contribution in [3.8, 4) is 5.75 Å². The van der Waals surface area contributed by atoms with Crippen molar-refractivity contribution in [1.29, 1.82) is 0 Å². The molecule has 1 saturated carbocycles. The summed E-state index contributed by atoms with van der Waals surface area (Å²) in [5, 5.41) is 8.62. The number of amides is 1. The molecule has 0 saturated heterocycles. The summed E-state index contributed by atoms with van der Waals surface area (Å²) in [6.45, 7) is 5.93. The number of anilines is 1. The predicted octanol–water partition coefficient (Wildman–Crippen LogP) is 5.55. The molecule has 152 valence electrons. The molecule has 0 atom stereocenters. The van der Waals surface area contributed by atoms with E-state index < -0.39 is 0 Å². The molecule has 1 aliphatic rings. The van der Waals surface area contributed by atoms with Gasteiger partial charge in [-0.15, -0.1) is 0 Å². The fraction of sp³-hybridized carbons (Fsp3) is 0.409. The van der Waals surface area contributed by atoms with E-state index >= 15 is 0 Å². The molecule has 1 amide bonds. The lowest BCUT2D eigenvalue weighted by Gasteiger charge is -2.15. The minimum atomic E-state index is -0.227. The highest BCUT2D eigenvalue weighted by molar-refractivity contribution is 6.32. The van der Waals surface area contributed by atoms with Crippen LogP contribution in [0.15, 0.2) is 30.5 Å². The largest absolute Gasteiger partial charge is 0.489 e. The molecular formula is C22H25ClN4O2. The number of pyridine rings is 1. The first-order valence-corrected chi connectivity index (χ1v) is 10.4. The van der Waals surface area contributed by atoms with Gasteiger partial charge >= 0.3 is 0 Å². The molecule has 0 radical (unpaired) electrons. The van der Waals surface area contributed by atoms with Crippen molar-refractivity contribution in [3.05, 3.63) is 46.7 Å². The van der Waals surface area contributed by atoms with Crippen LogP contribution in [0.2, 0.25) is 5.02 Å². The highest BCUT2D eigenvalue weighted by Gasteiger charge is 2.19. The Morgan fingerprint density at radius 3 is 2.72 bits per heavy atom. The van der Waals surface area contributed by atoms with E-state index in [1.807, 2.05) is 43.7 Å². The van der Waals surface area contributed by atoms with Crippen LogP contribution in [0.4, 0.5) is 5.69 Å². The molecular weight excluding hydrogens is 388 g/mol. The zero-order chi connectivity index (χ0) is 20.5. The molecule has 7 heteroatoms. The lowest BCUT2D eigenvalue weighted by molar-refractivity contribution is 0.102. The van der Waals surface area contributed by atoms with E-state index in [2.05, 4.69) is 15.4 Å². The molecule has 29 heavy (non-hydrogen) atoms. The minimum absolute atomic E-state index is 0.200. The average molecular weight is 413 g/mol. The number of aryl methyl sites for hydroxylation is 1. The predicted molar refractivity (Wildman–Crippen MR) is 115 cm³/mol. The van der Waals surface area contributed by atoms with Crippen molar-refractivity contribution < 1.29 is 9.53 Å². The van der Waals surface area contributed by atoms with Crippen LogP contribution in [-0.2, 0) is 0 Å². The first kappa shape index (κ1) is 19.7. The van der Waals surface area contributed by atoms with Gasteiger partial charge in [0.1, 0.15) is 5.75 Å². The molecule has 0 spiro atoms. The molecule has 1 N–H and O–H groups in total. The number of ether oxygens (including phenoxy) is 1. The number of carbonyl (C=O) groups is 1. The Bertz CT molecular complexity index is 1050. The van der Waals surface area contributed by atoms with Crippen LogP contribution in [0.5, 0.6) is 5.75 Å². The average Bonchev–Trinajstić information content (AvgIpc) is 3.32. The smallest absolute Gasteiger partial charge is 0.257 e. The molecule has 1 fully saturated rings. The second-order valence-corrected chi connectivity index (χ2v) is 8.25. The van der Waals surface area contributed by atoms with E-state index in [1.54, 1.807) is 12.3 Å². The van der Waals surface area contributed by atoms with Gasteiger partial charge in [-0.05, 0) is 70.7 Å². The van der Waals surface area contributed by atoms with Gasteiger partial charge in [-0.2, -0.15) is 5.10 Å². The number of hydrogen-bond acceptors (Lipinski definition) is 4. The molecule has 2 aromatic heterocycles. The summed E-state index contributed by atoms with van der Waals surface area (Å²) >= 11 is 6.38. The van der Waals surface area contributed by atoms with Gasteiger partial charge < -0.3 is 10.1 Å². The van der Waals surface area contributed by atoms with Crippen molar-refractivity contribution in [2.45, 2.75) is 58.6 Å². The quantitative estimate of drug-likeness (QED) is 0.596. The third-order valence-electron chi connectivity index (χ3n) is 5.28. The number of rotatable bonds is 5. The summed E-state index contributed by atoms with van der Waals surface area (Å²) in [5.74, 6) is 0.437. The molecule has 2 heterocycles. The molecule has 1 aliphatic carbocycles. The molecule has 4 rings (SSSR count). The maximum atomic E-state index is 12.8. The molecule has 3 aromatic rings. The normalized spacial score (nSPS) is 14.7. The third kappa shape index (κ3) is 4.08. The Kier molecular flexibility index (Phi) is 5.46. The van der Waals surface area contributed by atoms with Crippen LogP contribution in [0.1, 0.15) is 61.6 Å². The maximum absolute atomic E-state index is 12.8. The molecule has 0 bridgehead atoms. The number of fused-ring (bicyclic) bond motifs is 1. The first-order valence-electron chi connectivity index (χ1n) is 10.0. The standard InChI is InChI=1S/C22H25ClN4O2/c1-13(2)27-21-15(12-24-27)10-18(14(3)25-21)22(28)26-16-8-9-20(19(23)11-16)29-17-6-4-5-7-17/h8-13,17H,4-7H2,1-3H3,(H,26,28). The van der Waals surface area contributed by atoms with Crippen LogP contribution >= 0.6 is 11.6 Å². The zero-order valence-electron chi connectivity index (χ0n) is 16.9. The molecule has 0 aliphatic heterocycles. The summed E-state index contributed by atoms with van der Waals surface area (Å²) in [6.07, 6.45) is 6.51. The van der Waals surface area contributed by atoms with Crippen molar-refractivity contribution >= 4 is 34.2 Å². The zero-order valence-corrected chi connectivity index (χ0v) is 17.7. The van der Waals surface area contributed by atoms with E-state index in [0.717, 1.165) is 23.9 Å². The Balaban J connectivity index is 1.53. The van der Waals surface area contributed by atoms with Crippen LogP contribution < -0.4 is 10.1 Å². The maximum Gasteiger partial charge on any atom is 0.257 e. The Morgan fingerprint density at radius 2 is 2.03 bits per heavy atom. The summed E-state index contributed by atoms with van der Waals surface area (Å²) in [7, 11) is 0. The van der Waals surface area contributed by atoms with Crippen molar-refractivity contribution in [2.24, 2.45) is 0 Å². The second-order valence-electron chi connectivity index (χ2n) is 7.84. The van der Waals surface area contributed by atoms with Crippen molar-refractivity contribution in [1.82, 2.24) is 14.8 Å². The summed E-state index contributed by atoms with van der Waals surface area (Å²) in [6, 6.07) is 7.38. The highest BCUT2D eigenvalue weighted by atomic mass is 35.5.